The molecule has 0 atom stereocenters. The molecule has 5 nitrogen and oxygen atoms in total. The van der Waals surface area contributed by atoms with Crippen molar-refractivity contribution in [3.63, 3.8) is 0 Å². The van der Waals surface area contributed by atoms with Gasteiger partial charge >= 0.3 is 0 Å². The molecule has 0 unspecified atom stereocenters. The Morgan fingerprint density at radius 1 is 1.09 bits per heavy atom. The van der Waals surface area contributed by atoms with E-state index >= 15 is 0 Å². The van der Waals surface area contributed by atoms with E-state index in [-0.39, 0.29) is 18.1 Å². The van der Waals surface area contributed by atoms with Gasteiger partial charge in [-0.1, -0.05) is 18.2 Å². The molecule has 1 N–H and O–H groups in total. The molecule has 1 saturated heterocycles. The monoisotopic (exact) mass is 447 g/mol. The number of pyridine rings is 1. The highest BCUT2D eigenvalue weighted by Gasteiger charge is 2.17. The van der Waals surface area contributed by atoms with Gasteiger partial charge in [0.2, 0.25) is 5.91 Å². The van der Waals surface area contributed by atoms with E-state index in [1.807, 2.05) is 31.3 Å². The molecule has 0 aliphatic carbocycles. The van der Waals surface area contributed by atoms with E-state index in [9.17, 15) is 9.18 Å². The fraction of sp³-hybridized carbons (Fsp3) is 0.333. The molecule has 0 spiro atoms. The second-order valence-corrected chi connectivity index (χ2v) is 8.28. The average Bonchev–Trinajstić information content (AvgIpc) is 2.84. The van der Waals surface area contributed by atoms with E-state index in [1.54, 1.807) is 12.1 Å². The molecule has 1 aliphatic rings. The van der Waals surface area contributed by atoms with E-state index < -0.39 is 0 Å². The van der Waals surface area contributed by atoms with Crippen molar-refractivity contribution in [1.29, 1.82) is 0 Å². The summed E-state index contributed by atoms with van der Waals surface area (Å²) in [4.78, 5) is 19.3. The Balaban J connectivity index is 1.45. The summed E-state index contributed by atoms with van der Waals surface area (Å²) in [7, 11) is 0. The number of aromatic nitrogens is 1. The number of ether oxygens (including phenoxy) is 1. The number of nitrogens with zero attached hydrogens (tertiary/aromatic N) is 2. The molecule has 1 aromatic heterocycles. The van der Waals surface area contributed by atoms with Crippen LogP contribution in [0.3, 0.4) is 0 Å². The first-order valence-corrected chi connectivity index (χ1v) is 11.6. The van der Waals surface area contributed by atoms with Crippen LogP contribution >= 0.6 is 0 Å². The molecule has 4 rings (SSSR count). The summed E-state index contributed by atoms with van der Waals surface area (Å²) in [5.74, 6) is 0.424. The van der Waals surface area contributed by atoms with Crippen molar-refractivity contribution >= 4 is 11.6 Å². The topological polar surface area (TPSA) is 54.5 Å². The minimum absolute atomic E-state index is 0.144. The lowest BCUT2D eigenvalue weighted by Crippen LogP contribution is -2.29. The Bertz CT molecular complexity index is 1080. The lowest BCUT2D eigenvalue weighted by molar-refractivity contribution is -0.120. The molecular formula is C27H30FN3O2. The van der Waals surface area contributed by atoms with Gasteiger partial charge in [0.05, 0.1) is 13.0 Å². The number of rotatable bonds is 8. The van der Waals surface area contributed by atoms with Crippen molar-refractivity contribution in [3.05, 3.63) is 77.9 Å². The third kappa shape index (κ3) is 6.09. The largest absolute Gasteiger partial charge is 0.494 e. The smallest absolute Gasteiger partial charge is 0.226 e. The molecule has 1 fully saturated rings. The molecule has 0 saturated carbocycles. The highest BCUT2D eigenvalue weighted by molar-refractivity contribution is 5.81. The number of anilines is 1. The fourth-order valence-electron chi connectivity index (χ4n) is 4.17. The Hall–Kier alpha value is -3.41. The zero-order chi connectivity index (χ0) is 23.0. The van der Waals surface area contributed by atoms with E-state index in [4.69, 9.17) is 4.74 Å². The maximum absolute atomic E-state index is 13.3. The predicted molar refractivity (Wildman–Crippen MR) is 129 cm³/mol. The van der Waals surface area contributed by atoms with E-state index in [1.165, 1.54) is 37.1 Å². The summed E-state index contributed by atoms with van der Waals surface area (Å²) < 4.78 is 19.0. The summed E-state index contributed by atoms with van der Waals surface area (Å²) in [6, 6.07) is 16.4. The Labute approximate surface area is 194 Å². The minimum Gasteiger partial charge on any atom is -0.494 e. The number of nitrogens with one attached hydrogen (secondary N) is 1. The van der Waals surface area contributed by atoms with Crippen molar-refractivity contribution < 1.29 is 13.9 Å². The van der Waals surface area contributed by atoms with Crippen LogP contribution in [-0.4, -0.2) is 30.6 Å². The number of carbonyl (C=O) groups excluding carboxylic acids is 1. The van der Waals surface area contributed by atoms with Gasteiger partial charge in [0.1, 0.15) is 11.6 Å². The summed E-state index contributed by atoms with van der Waals surface area (Å²) in [5, 5.41) is 2.83. The minimum atomic E-state index is -0.308. The maximum atomic E-state index is 13.3. The number of amides is 1. The SMILES string of the molecule is CCOc1ccc(-c2ccc(CC(=O)NCc3cccc(F)c3)nc2)c(N2CCCCC2)c1. The van der Waals surface area contributed by atoms with Crippen LogP contribution in [0.25, 0.3) is 11.1 Å². The molecule has 1 aliphatic heterocycles. The van der Waals surface area contributed by atoms with Crippen molar-refractivity contribution in [2.24, 2.45) is 0 Å². The summed E-state index contributed by atoms with van der Waals surface area (Å²) in [6.07, 6.45) is 5.67. The Morgan fingerprint density at radius 2 is 1.94 bits per heavy atom. The first kappa shape index (κ1) is 22.8. The third-order valence-corrected chi connectivity index (χ3v) is 5.83. The molecule has 2 heterocycles. The highest BCUT2D eigenvalue weighted by atomic mass is 19.1. The normalized spacial score (nSPS) is 13.6. The van der Waals surface area contributed by atoms with Crippen LogP contribution < -0.4 is 15.0 Å². The number of carbonyl (C=O) groups is 1. The molecule has 172 valence electrons. The maximum Gasteiger partial charge on any atom is 0.226 e. The Kier molecular flexibility index (Phi) is 7.55. The van der Waals surface area contributed by atoms with Crippen LogP contribution in [0.15, 0.2) is 60.8 Å². The second-order valence-electron chi connectivity index (χ2n) is 8.28. The van der Waals surface area contributed by atoms with Crippen LogP contribution in [0.2, 0.25) is 0 Å². The zero-order valence-electron chi connectivity index (χ0n) is 19.0. The van der Waals surface area contributed by atoms with Crippen LogP contribution in [-0.2, 0) is 17.8 Å². The van der Waals surface area contributed by atoms with Crippen LogP contribution in [0.4, 0.5) is 10.1 Å². The highest BCUT2D eigenvalue weighted by Crippen LogP contribution is 2.35. The number of hydrogen-bond acceptors (Lipinski definition) is 4. The van der Waals surface area contributed by atoms with Crippen molar-refractivity contribution in [2.45, 2.75) is 39.2 Å². The quantitative estimate of drug-likeness (QED) is 0.520. The first-order chi connectivity index (χ1) is 16.1. The Morgan fingerprint density at radius 3 is 2.67 bits per heavy atom. The lowest BCUT2D eigenvalue weighted by atomic mass is 10.0. The van der Waals surface area contributed by atoms with Gasteiger partial charge in [-0.2, -0.15) is 0 Å². The molecule has 1 amide bonds. The van der Waals surface area contributed by atoms with Gasteiger partial charge in [0.15, 0.2) is 0 Å². The van der Waals surface area contributed by atoms with Crippen LogP contribution in [0.5, 0.6) is 5.75 Å². The average molecular weight is 448 g/mol. The van der Waals surface area contributed by atoms with Crippen molar-refractivity contribution in [1.82, 2.24) is 10.3 Å². The number of piperidine rings is 1. The van der Waals surface area contributed by atoms with Gasteiger partial charge in [-0.25, -0.2) is 4.39 Å². The van der Waals surface area contributed by atoms with E-state index in [0.717, 1.165) is 35.5 Å². The van der Waals surface area contributed by atoms with Gasteiger partial charge < -0.3 is 15.0 Å². The molecule has 33 heavy (non-hydrogen) atoms. The summed E-state index contributed by atoms with van der Waals surface area (Å²) >= 11 is 0. The summed E-state index contributed by atoms with van der Waals surface area (Å²) in [5.41, 5.74) is 4.73. The number of halogens is 1. The summed E-state index contributed by atoms with van der Waals surface area (Å²) in [6.45, 7) is 5.00. The van der Waals surface area contributed by atoms with Gasteiger partial charge in [-0.3, -0.25) is 9.78 Å². The second kappa shape index (κ2) is 10.9. The van der Waals surface area contributed by atoms with E-state index in [2.05, 4.69) is 27.3 Å². The molecule has 0 radical (unpaired) electrons. The number of hydrogen-bond donors (Lipinski definition) is 1. The number of benzene rings is 2. The standard InChI is InChI=1S/C27H30FN3O2/c1-2-33-24-11-12-25(26(17-24)31-13-4-3-5-14-31)21-9-10-23(29-19-21)16-27(32)30-18-20-7-6-8-22(28)15-20/h6-12,15,17,19H,2-5,13-14,16,18H2,1H3,(H,30,32). The molecule has 6 heteroatoms. The van der Waals surface area contributed by atoms with Gasteiger partial charge in [0.25, 0.3) is 0 Å². The molecule has 2 aromatic carbocycles. The molecule has 3 aromatic rings. The van der Waals surface area contributed by atoms with E-state index in [0.29, 0.717) is 18.8 Å². The fourth-order valence-corrected chi connectivity index (χ4v) is 4.17. The lowest BCUT2D eigenvalue weighted by Gasteiger charge is -2.31. The predicted octanol–water partition coefficient (Wildman–Crippen LogP) is 5.14. The van der Waals surface area contributed by atoms with Gasteiger partial charge in [0, 0.05) is 54.4 Å². The van der Waals surface area contributed by atoms with Gasteiger partial charge in [-0.05, 0) is 62.1 Å². The van der Waals surface area contributed by atoms with Crippen molar-refractivity contribution in [2.75, 3.05) is 24.6 Å². The zero-order valence-corrected chi connectivity index (χ0v) is 19.0. The molecule has 0 bridgehead atoms. The molecular weight excluding hydrogens is 417 g/mol. The van der Waals surface area contributed by atoms with Crippen molar-refractivity contribution in [3.8, 4) is 16.9 Å². The van der Waals surface area contributed by atoms with Crippen LogP contribution in [0, 0.1) is 5.82 Å². The van der Waals surface area contributed by atoms with Gasteiger partial charge in [-0.15, -0.1) is 0 Å². The third-order valence-electron chi connectivity index (χ3n) is 5.83. The first-order valence-electron chi connectivity index (χ1n) is 11.6. The van der Waals surface area contributed by atoms with Crippen LogP contribution in [0.1, 0.15) is 37.4 Å².